The number of aryl methyl sites for hydroxylation is 1. The number of nitrogens with one attached hydrogen (secondary N) is 2. The van der Waals surface area contributed by atoms with Crippen molar-refractivity contribution in [2.45, 2.75) is 47.0 Å². The highest BCUT2D eigenvalue weighted by atomic mass is 32.1. The zero-order valence-corrected chi connectivity index (χ0v) is 18.1. The number of benzene rings is 1. The minimum absolute atomic E-state index is 0.0141. The van der Waals surface area contributed by atoms with Crippen molar-refractivity contribution < 1.29 is 0 Å². The zero-order valence-electron chi connectivity index (χ0n) is 17.3. The van der Waals surface area contributed by atoms with E-state index in [9.17, 15) is 0 Å². The van der Waals surface area contributed by atoms with Crippen LogP contribution in [0, 0.1) is 11.7 Å². The van der Waals surface area contributed by atoms with Crippen molar-refractivity contribution in [1.82, 2.24) is 9.97 Å². The zero-order chi connectivity index (χ0) is 20.4. The fourth-order valence-electron chi connectivity index (χ4n) is 2.21. The summed E-state index contributed by atoms with van der Waals surface area (Å²) in [5.41, 5.74) is 4.57. The lowest BCUT2D eigenvalue weighted by atomic mass is 9.92. The number of anilines is 2. The molecule has 0 atom stereocenters. The first-order chi connectivity index (χ1) is 12.7. The minimum Gasteiger partial charge on any atom is -0.340 e. The van der Waals surface area contributed by atoms with Crippen LogP contribution >= 0.6 is 12.2 Å². The van der Waals surface area contributed by atoms with Gasteiger partial charge in [-0.2, -0.15) is 0 Å². The Labute approximate surface area is 169 Å². The highest BCUT2D eigenvalue weighted by molar-refractivity contribution is 7.71. The second-order valence-corrected chi connectivity index (χ2v) is 7.76. The number of aromatic amines is 1. The maximum atomic E-state index is 5.19. The third-order valence-electron chi connectivity index (χ3n) is 3.69. The largest absolute Gasteiger partial charge is 0.340 e. The van der Waals surface area contributed by atoms with E-state index in [0.717, 1.165) is 17.2 Å². The molecule has 27 heavy (non-hydrogen) atoms. The molecular formula is C23H31N3S. The van der Waals surface area contributed by atoms with Crippen molar-refractivity contribution in [2.24, 2.45) is 0 Å². The quantitative estimate of drug-likeness (QED) is 0.435. The van der Waals surface area contributed by atoms with Crippen molar-refractivity contribution in [3.63, 3.8) is 0 Å². The lowest BCUT2D eigenvalue weighted by molar-refractivity contribution is 0.566. The molecule has 1 heterocycles. The maximum Gasteiger partial charge on any atom is 0.198 e. The van der Waals surface area contributed by atoms with Crippen LogP contribution in [0.15, 0.2) is 66.8 Å². The van der Waals surface area contributed by atoms with Crippen molar-refractivity contribution in [2.75, 3.05) is 5.32 Å². The third-order valence-corrected chi connectivity index (χ3v) is 3.88. The van der Waals surface area contributed by atoms with E-state index >= 15 is 0 Å². The van der Waals surface area contributed by atoms with Crippen molar-refractivity contribution in [1.29, 1.82) is 0 Å². The lowest BCUT2D eigenvalue weighted by Crippen LogP contribution is -2.14. The van der Waals surface area contributed by atoms with Crippen LogP contribution in [0.4, 0.5) is 11.5 Å². The summed E-state index contributed by atoms with van der Waals surface area (Å²) in [6.07, 6.45) is 7.81. The maximum absolute atomic E-state index is 5.19. The Morgan fingerprint density at radius 2 is 1.85 bits per heavy atom. The molecule has 0 aliphatic heterocycles. The molecule has 0 spiro atoms. The van der Waals surface area contributed by atoms with Crippen LogP contribution in [-0.2, 0) is 5.41 Å². The van der Waals surface area contributed by atoms with Crippen LogP contribution < -0.4 is 5.32 Å². The van der Waals surface area contributed by atoms with Gasteiger partial charge in [0.15, 0.2) is 4.77 Å². The molecule has 144 valence electrons. The molecule has 0 aliphatic rings. The standard InChI is InChI=1S/C15H19N3S.C8H12/c1-10-5-7-11(8-6-10)16-13-9-12(15(2,3)4)17-14(19)18-13;1-4-6-8(3)7-5-2/h5-9H,1-4H3,(H2,16,17,18,19);4-7H,1H2,2-3H3/b;7-5-,8-6-. The number of allylic oxidation sites excluding steroid dienone is 5. The normalized spacial score (nSPS) is 11.7. The molecule has 0 unspecified atom stereocenters. The highest BCUT2D eigenvalue weighted by Gasteiger charge is 2.15. The molecule has 3 nitrogen and oxygen atoms in total. The van der Waals surface area contributed by atoms with Gasteiger partial charge >= 0.3 is 0 Å². The summed E-state index contributed by atoms with van der Waals surface area (Å²) >= 11 is 5.19. The van der Waals surface area contributed by atoms with Gasteiger partial charge in [-0.25, -0.2) is 4.98 Å². The summed E-state index contributed by atoms with van der Waals surface area (Å²) in [5, 5.41) is 3.29. The fraction of sp³-hybridized carbons (Fsp3) is 0.304. The summed E-state index contributed by atoms with van der Waals surface area (Å²) in [6.45, 7) is 16.1. The summed E-state index contributed by atoms with van der Waals surface area (Å²) in [4.78, 5) is 7.46. The van der Waals surface area contributed by atoms with Gasteiger partial charge in [-0.3, -0.25) is 0 Å². The van der Waals surface area contributed by atoms with Gasteiger partial charge in [0.2, 0.25) is 0 Å². The Morgan fingerprint density at radius 3 is 2.37 bits per heavy atom. The molecule has 0 fully saturated rings. The topological polar surface area (TPSA) is 40.7 Å². The third kappa shape index (κ3) is 8.65. The summed E-state index contributed by atoms with van der Waals surface area (Å²) < 4.78 is 0.502. The van der Waals surface area contributed by atoms with E-state index in [4.69, 9.17) is 12.2 Å². The van der Waals surface area contributed by atoms with Gasteiger partial charge in [0.25, 0.3) is 0 Å². The van der Waals surface area contributed by atoms with Crippen LogP contribution in [0.1, 0.15) is 45.9 Å². The Bertz CT molecular complexity index is 850. The van der Waals surface area contributed by atoms with Gasteiger partial charge in [-0.1, -0.05) is 74.9 Å². The van der Waals surface area contributed by atoms with Gasteiger partial charge < -0.3 is 10.3 Å². The van der Waals surface area contributed by atoms with Crippen LogP contribution in [0.5, 0.6) is 0 Å². The summed E-state index contributed by atoms with van der Waals surface area (Å²) in [7, 11) is 0. The molecule has 0 saturated heterocycles. The van der Waals surface area contributed by atoms with Crippen molar-refractivity contribution in [3.05, 3.63) is 82.8 Å². The van der Waals surface area contributed by atoms with Gasteiger partial charge in [0.05, 0.1) is 0 Å². The molecule has 0 aliphatic carbocycles. The number of H-pyrrole nitrogens is 1. The van der Waals surface area contributed by atoms with Gasteiger partial charge in [-0.15, -0.1) is 0 Å². The predicted molar refractivity (Wildman–Crippen MR) is 121 cm³/mol. The number of aromatic nitrogens is 2. The van der Waals surface area contributed by atoms with E-state index in [1.165, 1.54) is 11.1 Å². The molecule has 1 aromatic heterocycles. The molecule has 2 aromatic rings. The van der Waals surface area contributed by atoms with Crippen LogP contribution in [0.2, 0.25) is 0 Å². The van der Waals surface area contributed by atoms with Gasteiger partial charge in [-0.05, 0) is 45.1 Å². The summed E-state index contributed by atoms with van der Waals surface area (Å²) in [5.74, 6) is 0.775. The molecule has 0 bridgehead atoms. The van der Waals surface area contributed by atoms with Crippen molar-refractivity contribution >= 4 is 23.7 Å². The Balaban J connectivity index is 0.000000387. The highest BCUT2D eigenvalue weighted by Crippen LogP contribution is 2.23. The number of hydrogen-bond donors (Lipinski definition) is 2. The van der Waals surface area contributed by atoms with Gasteiger partial charge in [0, 0.05) is 22.9 Å². The Hall–Kier alpha value is -2.46. The first-order valence-electron chi connectivity index (χ1n) is 9.03. The predicted octanol–water partition coefficient (Wildman–Crippen LogP) is 7.18. The number of rotatable bonds is 4. The summed E-state index contributed by atoms with van der Waals surface area (Å²) in [6, 6.07) is 10.2. The molecule has 4 heteroatoms. The van der Waals surface area contributed by atoms with Crippen molar-refractivity contribution in [3.8, 4) is 0 Å². The van der Waals surface area contributed by atoms with E-state index < -0.39 is 0 Å². The van der Waals surface area contributed by atoms with E-state index in [-0.39, 0.29) is 5.41 Å². The lowest BCUT2D eigenvalue weighted by Gasteiger charge is -2.19. The van der Waals surface area contributed by atoms with Crippen LogP contribution in [-0.4, -0.2) is 9.97 Å². The Kier molecular flexibility index (Phi) is 8.89. The first-order valence-corrected chi connectivity index (χ1v) is 9.44. The molecule has 1 aromatic carbocycles. The number of nitrogens with zero attached hydrogens (tertiary/aromatic N) is 1. The second kappa shape index (κ2) is 10.6. The molecule has 0 amide bonds. The fourth-order valence-corrected chi connectivity index (χ4v) is 2.42. The smallest absolute Gasteiger partial charge is 0.198 e. The average Bonchev–Trinajstić information content (AvgIpc) is 2.57. The van der Waals surface area contributed by atoms with E-state index in [1.54, 1.807) is 6.08 Å². The monoisotopic (exact) mass is 381 g/mol. The van der Waals surface area contributed by atoms with Gasteiger partial charge in [0.1, 0.15) is 5.82 Å². The first kappa shape index (κ1) is 22.6. The molecule has 0 saturated carbocycles. The average molecular weight is 382 g/mol. The van der Waals surface area contributed by atoms with Crippen LogP contribution in [0.3, 0.4) is 0 Å². The van der Waals surface area contributed by atoms with E-state index in [0.29, 0.717) is 4.77 Å². The molecular weight excluding hydrogens is 350 g/mol. The molecule has 0 radical (unpaired) electrons. The Morgan fingerprint density at radius 1 is 1.22 bits per heavy atom. The van der Waals surface area contributed by atoms with Crippen LogP contribution in [0.25, 0.3) is 0 Å². The SMILES string of the molecule is C=C/C=C(C)\C=C/C.Cc1ccc(Nc2cc(C(C)(C)C)[nH]c(=S)n2)cc1. The van der Waals surface area contributed by atoms with E-state index in [2.05, 4.69) is 61.7 Å². The second-order valence-electron chi connectivity index (χ2n) is 7.37. The van der Waals surface area contributed by atoms with E-state index in [1.807, 2.05) is 50.3 Å². The minimum atomic E-state index is 0.0141. The number of hydrogen-bond acceptors (Lipinski definition) is 3. The molecule has 2 rings (SSSR count). The molecule has 2 N–H and O–H groups in total.